The van der Waals surface area contributed by atoms with Gasteiger partial charge in [0.15, 0.2) is 0 Å². The molecule has 4 heteroatoms. The Hall–Kier alpha value is -1.55. The van der Waals surface area contributed by atoms with Crippen LogP contribution in [0.25, 0.3) is 0 Å². The minimum absolute atomic E-state index is 0.0639. The molecule has 0 spiro atoms. The number of methoxy groups -OCH3 is 1. The lowest BCUT2D eigenvalue weighted by Crippen LogP contribution is -2.26. The number of carbonyl (C=O) groups excluding carboxylic acids is 1. The largest absolute Gasteiger partial charge is 0.496 e. The van der Waals surface area contributed by atoms with Crippen molar-refractivity contribution in [1.82, 2.24) is 5.32 Å². The van der Waals surface area contributed by atoms with Crippen molar-refractivity contribution in [1.29, 1.82) is 0 Å². The SMILES string of the molecule is COc1[c]cc(C(=O)NCCO)cc1. The van der Waals surface area contributed by atoms with E-state index in [2.05, 4.69) is 11.4 Å². The summed E-state index contributed by atoms with van der Waals surface area (Å²) in [7, 11) is 1.54. The number of ether oxygens (including phenoxy) is 1. The first-order chi connectivity index (χ1) is 6.77. The van der Waals surface area contributed by atoms with E-state index in [9.17, 15) is 4.79 Å². The molecule has 0 aliphatic rings. The van der Waals surface area contributed by atoms with Gasteiger partial charge in [-0.05, 0) is 18.2 Å². The minimum atomic E-state index is -0.224. The molecule has 1 amide bonds. The lowest BCUT2D eigenvalue weighted by Gasteiger charge is -2.03. The molecule has 1 rings (SSSR count). The van der Waals surface area contributed by atoms with Crippen molar-refractivity contribution < 1.29 is 14.6 Å². The van der Waals surface area contributed by atoms with Crippen LogP contribution in [0, 0.1) is 6.07 Å². The average Bonchev–Trinajstić information content (AvgIpc) is 2.26. The second kappa shape index (κ2) is 5.24. The third-order valence-electron chi connectivity index (χ3n) is 1.66. The molecule has 75 valence electrons. The molecule has 0 fully saturated rings. The highest BCUT2D eigenvalue weighted by molar-refractivity contribution is 5.94. The van der Waals surface area contributed by atoms with E-state index in [4.69, 9.17) is 9.84 Å². The average molecular weight is 194 g/mol. The molecule has 1 aromatic carbocycles. The summed E-state index contributed by atoms with van der Waals surface area (Å²) >= 11 is 0. The van der Waals surface area contributed by atoms with E-state index in [-0.39, 0.29) is 19.1 Å². The molecule has 0 saturated carbocycles. The van der Waals surface area contributed by atoms with Gasteiger partial charge in [-0.1, -0.05) is 0 Å². The standard InChI is InChI=1S/C10H12NO3/c1-14-9-4-2-8(3-5-9)10(13)11-6-7-12/h2-4,12H,6-7H2,1H3,(H,11,13). The third-order valence-corrected chi connectivity index (χ3v) is 1.66. The molecule has 0 bridgehead atoms. The maximum atomic E-state index is 11.3. The van der Waals surface area contributed by atoms with Gasteiger partial charge in [0, 0.05) is 18.2 Å². The first-order valence-corrected chi connectivity index (χ1v) is 4.22. The maximum Gasteiger partial charge on any atom is 0.251 e. The van der Waals surface area contributed by atoms with Crippen LogP contribution in [0.5, 0.6) is 5.75 Å². The Morgan fingerprint density at radius 3 is 2.93 bits per heavy atom. The van der Waals surface area contributed by atoms with Crippen molar-refractivity contribution in [3.05, 3.63) is 29.8 Å². The van der Waals surface area contributed by atoms with Gasteiger partial charge in [-0.2, -0.15) is 0 Å². The molecule has 0 aromatic heterocycles. The van der Waals surface area contributed by atoms with E-state index in [1.807, 2.05) is 0 Å². The van der Waals surface area contributed by atoms with Crippen LogP contribution in [0.3, 0.4) is 0 Å². The highest BCUT2D eigenvalue weighted by Crippen LogP contribution is 2.09. The summed E-state index contributed by atoms with van der Waals surface area (Å²) in [5, 5.41) is 11.0. The van der Waals surface area contributed by atoms with Crippen molar-refractivity contribution in [2.75, 3.05) is 20.3 Å². The van der Waals surface area contributed by atoms with E-state index < -0.39 is 0 Å². The quantitative estimate of drug-likeness (QED) is 0.720. The van der Waals surface area contributed by atoms with E-state index in [1.54, 1.807) is 18.2 Å². The molecule has 0 aliphatic heterocycles. The summed E-state index contributed by atoms with van der Waals surface area (Å²) in [5.74, 6) is 0.363. The fourth-order valence-electron chi connectivity index (χ4n) is 0.950. The lowest BCUT2D eigenvalue weighted by molar-refractivity contribution is 0.0944. The Morgan fingerprint density at radius 2 is 2.43 bits per heavy atom. The van der Waals surface area contributed by atoms with Gasteiger partial charge in [0.25, 0.3) is 5.91 Å². The summed E-state index contributed by atoms with van der Waals surface area (Å²) in [6.45, 7) is 0.191. The maximum absolute atomic E-state index is 11.3. The van der Waals surface area contributed by atoms with Crippen LogP contribution in [0.4, 0.5) is 0 Å². The van der Waals surface area contributed by atoms with Gasteiger partial charge in [0.2, 0.25) is 0 Å². The summed E-state index contributed by atoms with van der Waals surface area (Å²) in [6.07, 6.45) is 0. The Balaban J connectivity index is 2.62. The van der Waals surface area contributed by atoms with Crippen LogP contribution in [-0.2, 0) is 0 Å². The molecule has 14 heavy (non-hydrogen) atoms. The number of carbonyl (C=O) groups is 1. The van der Waals surface area contributed by atoms with Crippen LogP contribution in [-0.4, -0.2) is 31.3 Å². The zero-order valence-electron chi connectivity index (χ0n) is 7.91. The molecule has 0 atom stereocenters. The van der Waals surface area contributed by atoms with Gasteiger partial charge < -0.3 is 15.2 Å². The Labute approximate surface area is 82.5 Å². The number of nitrogens with one attached hydrogen (secondary N) is 1. The normalized spacial score (nSPS) is 9.57. The zero-order valence-corrected chi connectivity index (χ0v) is 7.91. The zero-order chi connectivity index (χ0) is 10.4. The molecular formula is C10H12NO3. The predicted octanol–water partition coefficient (Wildman–Crippen LogP) is 0.217. The topological polar surface area (TPSA) is 58.6 Å². The number of hydrogen-bond acceptors (Lipinski definition) is 3. The van der Waals surface area contributed by atoms with Crippen LogP contribution in [0.2, 0.25) is 0 Å². The van der Waals surface area contributed by atoms with Gasteiger partial charge >= 0.3 is 0 Å². The van der Waals surface area contributed by atoms with E-state index in [1.165, 1.54) is 7.11 Å². The van der Waals surface area contributed by atoms with Crippen molar-refractivity contribution in [2.24, 2.45) is 0 Å². The number of hydrogen-bond donors (Lipinski definition) is 2. The van der Waals surface area contributed by atoms with Crippen molar-refractivity contribution in [3.8, 4) is 5.75 Å². The molecule has 0 saturated heterocycles. The van der Waals surface area contributed by atoms with Gasteiger partial charge in [0.05, 0.1) is 13.7 Å². The molecule has 4 nitrogen and oxygen atoms in total. The highest BCUT2D eigenvalue weighted by Gasteiger charge is 2.03. The molecule has 0 heterocycles. The molecule has 0 unspecified atom stereocenters. The summed E-state index contributed by atoms with van der Waals surface area (Å²) in [4.78, 5) is 11.3. The molecule has 0 aliphatic carbocycles. The highest BCUT2D eigenvalue weighted by atomic mass is 16.5. The van der Waals surface area contributed by atoms with Gasteiger partial charge in [-0.15, -0.1) is 0 Å². The minimum Gasteiger partial charge on any atom is -0.496 e. The molecule has 1 radical (unpaired) electrons. The number of benzene rings is 1. The predicted molar refractivity (Wildman–Crippen MR) is 51.2 cm³/mol. The van der Waals surface area contributed by atoms with Crippen LogP contribution < -0.4 is 10.1 Å². The first kappa shape index (κ1) is 10.5. The third kappa shape index (κ3) is 2.74. The van der Waals surface area contributed by atoms with Crippen molar-refractivity contribution in [3.63, 3.8) is 0 Å². The lowest BCUT2D eigenvalue weighted by atomic mass is 10.2. The molecular weight excluding hydrogens is 182 g/mol. The number of aliphatic hydroxyl groups is 1. The Kier molecular flexibility index (Phi) is 3.94. The summed E-state index contributed by atoms with van der Waals surface area (Å²) in [5.41, 5.74) is 0.499. The Bertz CT molecular complexity index is 295. The van der Waals surface area contributed by atoms with Crippen molar-refractivity contribution >= 4 is 5.91 Å². The number of amides is 1. The van der Waals surface area contributed by atoms with Crippen molar-refractivity contribution in [2.45, 2.75) is 0 Å². The molecule has 1 aromatic rings. The van der Waals surface area contributed by atoms with E-state index in [0.29, 0.717) is 11.3 Å². The smallest absolute Gasteiger partial charge is 0.251 e. The van der Waals surface area contributed by atoms with E-state index in [0.717, 1.165) is 0 Å². The monoisotopic (exact) mass is 194 g/mol. The fourth-order valence-corrected chi connectivity index (χ4v) is 0.950. The fraction of sp³-hybridized carbons (Fsp3) is 0.300. The van der Waals surface area contributed by atoms with Crippen LogP contribution >= 0.6 is 0 Å². The Morgan fingerprint density at radius 1 is 1.64 bits per heavy atom. The summed E-state index contributed by atoms with van der Waals surface area (Å²) in [6, 6.07) is 7.65. The number of aliphatic hydroxyl groups excluding tert-OH is 1. The molecule has 2 N–H and O–H groups in total. The second-order valence-corrected chi connectivity index (χ2v) is 2.63. The van der Waals surface area contributed by atoms with E-state index >= 15 is 0 Å². The number of rotatable bonds is 4. The second-order valence-electron chi connectivity index (χ2n) is 2.63. The van der Waals surface area contributed by atoms with Crippen LogP contribution in [0.1, 0.15) is 10.4 Å². The van der Waals surface area contributed by atoms with Gasteiger partial charge in [-0.25, -0.2) is 0 Å². The first-order valence-electron chi connectivity index (χ1n) is 4.22. The summed E-state index contributed by atoms with van der Waals surface area (Å²) < 4.78 is 4.90. The van der Waals surface area contributed by atoms with Gasteiger partial charge in [0.1, 0.15) is 5.75 Å². The van der Waals surface area contributed by atoms with Gasteiger partial charge in [-0.3, -0.25) is 4.79 Å². The van der Waals surface area contributed by atoms with Crippen LogP contribution in [0.15, 0.2) is 18.2 Å².